The van der Waals surface area contributed by atoms with E-state index in [9.17, 15) is 9.59 Å². The lowest BCUT2D eigenvalue weighted by atomic mass is 10.0. The first-order chi connectivity index (χ1) is 14.8. The number of anilines is 1. The highest BCUT2D eigenvalue weighted by atomic mass is 79.9. The topological polar surface area (TPSA) is 83.4 Å². The Balaban J connectivity index is 1.65. The number of carbonyl (C=O) groups excluding carboxylic acids is 2. The second-order valence-electron chi connectivity index (χ2n) is 8.02. The molecule has 2 atom stereocenters. The molecule has 2 aliphatic heterocycles. The van der Waals surface area contributed by atoms with Crippen LogP contribution in [0.4, 0.5) is 10.7 Å². The highest BCUT2D eigenvalue weighted by Gasteiger charge is 2.52. The molecule has 2 unspecified atom stereocenters. The maximum Gasteiger partial charge on any atom is 0.325 e. The van der Waals surface area contributed by atoms with Crippen LogP contribution in [0.1, 0.15) is 22.9 Å². The van der Waals surface area contributed by atoms with Crippen LogP contribution in [0.5, 0.6) is 0 Å². The second-order valence-corrected chi connectivity index (χ2v) is 8.94. The molecule has 5 rings (SSSR count). The number of hydrogen-bond acceptors (Lipinski definition) is 5. The van der Waals surface area contributed by atoms with E-state index in [1.165, 1.54) is 0 Å². The van der Waals surface area contributed by atoms with Gasteiger partial charge in [0.2, 0.25) is 5.95 Å². The van der Waals surface area contributed by atoms with Crippen molar-refractivity contribution in [3.8, 4) is 11.4 Å². The smallest absolute Gasteiger partial charge is 0.321 e. The van der Waals surface area contributed by atoms with Crippen molar-refractivity contribution in [2.75, 3.05) is 11.9 Å². The van der Waals surface area contributed by atoms with Crippen molar-refractivity contribution in [3.05, 3.63) is 63.6 Å². The number of imide groups is 1. The van der Waals surface area contributed by atoms with Gasteiger partial charge in [0.25, 0.3) is 5.91 Å². The Morgan fingerprint density at radius 1 is 1.06 bits per heavy atom. The zero-order valence-corrected chi connectivity index (χ0v) is 18.9. The summed E-state index contributed by atoms with van der Waals surface area (Å²) in [7, 11) is 1.69. The molecular formula is C22H21BrN6O2. The van der Waals surface area contributed by atoms with Gasteiger partial charge in [-0.1, -0.05) is 51.8 Å². The quantitative estimate of drug-likeness (QED) is 0.620. The molecule has 2 aromatic carbocycles. The molecule has 1 saturated heterocycles. The first kappa shape index (κ1) is 19.7. The maximum absolute atomic E-state index is 13.0. The summed E-state index contributed by atoms with van der Waals surface area (Å²) in [5.41, 5.74) is 4.25. The van der Waals surface area contributed by atoms with E-state index in [1.807, 2.05) is 40.7 Å². The van der Waals surface area contributed by atoms with Crippen molar-refractivity contribution >= 4 is 33.8 Å². The first-order valence-corrected chi connectivity index (χ1v) is 10.8. The number of nitrogens with zero attached hydrogens (tertiary/aromatic N) is 5. The lowest BCUT2D eigenvalue weighted by Gasteiger charge is -2.37. The zero-order chi connectivity index (χ0) is 21.9. The molecule has 0 aliphatic carbocycles. The first-order valence-electron chi connectivity index (χ1n) is 9.96. The number of aromatic nitrogens is 3. The van der Waals surface area contributed by atoms with E-state index >= 15 is 0 Å². The summed E-state index contributed by atoms with van der Waals surface area (Å²) in [6.07, 6.45) is -0.532. The summed E-state index contributed by atoms with van der Waals surface area (Å²) in [4.78, 5) is 28.9. The number of benzene rings is 2. The van der Waals surface area contributed by atoms with Crippen LogP contribution in [-0.4, -0.2) is 44.7 Å². The number of aryl methyl sites for hydroxylation is 2. The average molecular weight is 481 g/mol. The fraction of sp³-hybridized carbons (Fsp3) is 0.273. The van der Waals surface area contributed by atoms with Crippen LogP contribution in [0, 0.1) is 13.8 Å². The summed E-state index contributed by atoms with van der Waals surface area (Å²) in [5.74, 6) is 0.867. The van der Waals surface area contributed by atoms with E-state index in [2.05, 4.69) is 56.6 Å². The van der Waals surface area contributed by atoms with Crippen molar-refractivity contribution in [2.45, 2.75) is 32.6 Å². The SMILES string of the molecule is Cc1ccc(C)c(CN2c3nnc(-c4ccc(Br)cc4)n3C3C2C(=O)NC(=O)N3C)c1. The third-order valence-electron chi connectivity index (χ3n) is 5.98. The molecule has 8 nitrogen and oxygen atoms in total. The summed E-state index contributed by atoms with van der Waals surface area (Å²) >= 11 is 3.45. The van der Waals surface area contributed by atoms with E-state index in [4.69, 9.17) is 0 Å². The number of hydrogen-bond donors (Lipinski definition) is 1. The van der Waals surface area contributed by atoms with Crippen molar-refractivity contribution < 1.29 is 9.59 Å². The van der Waals surface area contributed by atoms with Gasteiger partial charge >= 0.3 is 6.03 Å². The van der Waals surface area contributed by atoms with E-state index in [0.717, 1.165) is 26.7 Å². The highest BCUT2D eigenvalue weighted by molar-refractivity contribution is 9.10. The van der Waals surface area contributed by atoms with Crippen molar-refractivity contribution in [1.29, 1.82) is 0 Å². The van der Waals surface area contributed by atoms with Gasteiger partial charge in [-0.2, -0.15) is 0 Å². The van der Waals surface area contributed by atoms with Crippen LogP contribution >= 0.6 is 15.9 Å². The Hall–Kier alpha value is -3.20. The molecule has 3 amide bonds. The number of urea groups is 1. The number of halogens is 1. The molecule has 0 saturated carbocycles. The molecule has 158 valence electrons. The summed E-state index contributed by atoms with van der Waals surface area (Å²) < 4.78 is 2.85. The minimum atomic E-state index is -0.595. The fourth-order valence-electron chi connectivity index (χ4n) is 4.32. The maximum atomic E-state index is 13.0. The predicted octanol–water partition coefficient (Wildman–Crippen LogP) is 3.39. The van der Waals surface area contributed by atoms with Gasteiger partial charge in [-0.25, -0.2) is 4.79 Å². The number of carbonyl (C=O) groups is 2. The normalized spacial score (nSPS) is 20.0. The molecule has 3 aromatic rings. The molecule has 1 N–H and O–H groups in total. The molecule has 31 heavy (non-hydrogen) atoms. The lowest BCUT2D eigenvalue weighted by molar-refractivity contribution is -0.124. The summed E-state index contributed by atoms with van der Waals surface area (Å²) in [6.45, 7) is 4.59. The van der Waals surface area contributed by atoms with Gasteiger partial charge in [0, 0.05) is 23.6 Å². The number of fused-ring (bicyclic) bond motifs is 3. The molecule has 2 aliphatic rings. The molecule has 1 fully saturated rings. The lowest BCUT2D eigenvalue weighted by Crippen LogP contribution is -2.61. The van der Waals surface area contributed by atoms with E-state index in [0.29, 0.717) is 18.3 Å². The molecular weight excluding hydrogens is 460 g/mol. The Labute approximate surface area is 188 Å². The molecule has 0 spiro atoms. The monoisotopic (exact) mass is 480 g/mol. The Bertz CT molecular complexity index is 1210. The van der Waals surface area contributed by atoms with E-state index in [1.54, 1.807) is 11.9 Å². The number of amides is 3. The van der Waals surface area contributed by atoms with Crippen LogP contribution in [0.3, 0.4) is 0 Å². The summed E-state index contributed by atoms with van der Waals surface area (Å²) in [5, 5.41) is 11.4. The van der Waals surface area contributed by atoms with Crippen LogP contribution in [0.2, 0.25) is 0 Å². The molecule has 1 aromatic heterocycles. The van der Waals surface area contributed by atoms with Crippen LogP contribution in [0.15, 0.2) is 46.9 Å². The van der Waals surface area contributed by atoms with Crippen molar-refractivity contribution in [3.63, 3.8) is 0 Å². The predicted molar refractivity (Wildman–Crippen MR) is 119 cm³/mol. The van der Waals surface area contributed by atoms with Gasteiger partial charge in [-0.3, -0.25) is 14.7 Å². The number of likely N-dealkylation sites (N-methyl/N-ethyl adjacent to an activating group) is 1. The van der Waals surface area contributed by atoms with Gasteiger partial charge in [0.05, 0.1) is 0 Å². The van der Waals surface area contributed by atoms with Gasteiger partial charge in [-0.05, 0) is 37.1 Å². The largest absolute Gasteiger partial charge is 0.325 e. The standard InChI is InChI=1S/C22H21BrN6O2/c1-12-4-5-13(2)15(10-12)11-28-17-19(30)24-22(31)27(3)20(17)29-18(25-26-21(28)29)14-6-8-16(23)9-7-14/h4-10,17,20H,11H2,1-3H3,(H,24,30,31). The summed E-state index contributed by atoms with van der Waals surface area (Å²) in [6, 6.07) is 13.0. The fourth-order valence-corrected chi connectivity index (χ4v) is 4.58. The molecule has 3 heterocycles. The van der Waals surface area contributed by atoms with Gasteiger partial charge < -0.3 is 9.80 Å². The van der Waals surface area contributed by atoms with Gasteiger partial charge in [-0.15, -0.1) is 10.2 Å². The number of nitrogens with one attached hydrogen (secondary N) is 1. The van der Waals surface area contributed by atoms with Crippen molar-refractivity contribution in [2.24, 2.45) is 0 Å². The highest BCUT2D eigenvalue weighted by Crippen LogP contribution is 2.41. The third kappa shape index (κ3) is 3.11. The molecule has 0 radical (unpaired) electrons. The van der Waals surface area contributed by atoms with Gasteiger partial charge in [0.1, 0.15) is 6.17 Å². The van der Waals surface area contributed by atoms with Crippen LogP contribution < -0.4 is 10.2 Å². The zero-order valence-electron chi connectivity index (χ0n) is 17.3. The van der Waals surface area contributed by atoms with Crippen molar-refractivity contribution in [1.82, 2.24) is 25.0 Å². The minimum absolute atomic E-state index is 0.328. The number of rotatable bonds is 3. The second kappa shape index (κ2) is 7.19. The van der Waals surface area contributed by atoms with Crippen LogP contribution in [0.25, 0.3) is 11.4 Å². The minimum Gasteiger partial charge on any atom is -0.321 e. The van der Waals surface area contributed by atoms with E-state index < -0.39 is 18.2 Å². The Kier molecular flexibility index (Phi) is 4.58. The third-order valence-corrected chi connectivity index (χ3v) is 6.51. The average Bonchev–Trinajstić information content (AvgIpc) is 3.29. The van der Waals surface area contributed by atoms with Crippen LogP contribution in [-0.2, 0) is 11.3 Å². The molecule has 9 heteroatoms. The Morgan fingerprint density at radius 3 is 2.55 bits per heavy atom. The van der Waals surface area contributed by atoms with E-state index in [-0.39, 0.29) is 5.91 Å². The molecule has 0 bridgehead atoms. The van der Waals surface area contributed by atoms with Gasteiger partial charge in [0.15, 0.2) is 11.9 Å². The Morgan fingerprint density at radius 2 is 1.81 bits per heavy atom.